The zero-order chi connectivity index (χ0) is 18.8. The third kappa shape index (κ3) is 7.02. The maximum atomic E-state index is 11.3. The van der Waals surface area contributed by atoms with Crippen molar-refractivity contribution in [3.8, 4) is 0 Å². The molecule has 0 aromatic carbocycles. The Morgan fingerprint density at radius 2 is 1.92 bits per heavy atom. The zero-order valence-corrected chi connectivity index (χ0v) is 17.3. The van der Waals surface area contributed by atoms with E-state index in [0.717, 1.165) is 37.6 Å². The summed E-state index contributed by atoms with van der Waals surface area (Å²) < 4.78 is 12.1. The average molecular weight is 388 g/mol. The minimum atomic E-state index is -0.201. The Bertz CT molecular complexity index is 407. The number of hydrogen-bond donors (Lipinski definition) is 1. The second-order valence-corrected chi connectivity index (χ2v) is 8.85. The van der Waals surface area contributed by atoms with Gasteiger partial charge in [0, 0.05) is 31.9 Å². The molecular formula is C20H37NO4S. The van der Waals surface area contributed by atoms with Crippen molar-refractivity contribution in [2.24, 2.45) is 11.8 Å². The third-order valence-electron chi connectivity index (χ3n) is 5.64. The van der Waals surface area contributed by atoms with Gasteiger partial charge in [-0.2, -0.15) is 11.8 Å². The summed E-state index contributed by atoms with van der Waals surface area (Å²) >= 11 is 1.98. The Balaban J connectivity index is 1.58. The van der Waals surface area contributed by atoms with Crippen molar-refractivity contribution in [3.63, 3.8) is 0 Å². The van der Waals surface area contributed by atoms with Crippen molar-refractivity contribution in [2.45, 2.75) is 76.9 Å². The third-order valence-corrected chi connectivity index (χ3v) is 6.84. The molecule has 5 nitrogen and oxygen atoms in total. The maximum absolute atomic E-state index is 11.3. The van der Waals surface area contributed by atoms with E-state index in [-0.39, 0.29) is 5.91 Å². The number of amides is 1. The molecule has 2 saturated heterocycles. The van der Waals surface area contributed by atoms with Crippen LogP contribution in [0.4, 0.5) is 0 Å². The molecule has 2 aliphatic heterocycles. The first-order valence-electron chi connectivity index (χ1n) is 10.4. The van der Waals surface area contributed by atoms with Crippen LogP contribution < -0.4 is 0 Å². The van der Waals surface area contributed by atoms with Gasteiger partial charge in [-0.25, -0.2) is 5.06 Å². The first-order valence-corrected chi connectivity index (χ1v) is 11.5. The Kier molecular flexibility index (Phi) is 10.3. The van der Waals surface area contributed by atoms with Gasteiger partial charge in [0.25, 0.3) is 0 Å². The number of thioether (sulfide) groups is 1. The first-order chi connectivity index (χ1) is 12.6. The highest BCUT2D eigenvalue weighted by Gasteiger charge is 2.48. The van der Waals surface area contributed by atoms with E-state index in [9.17, 15) is 4.79 Å². The Morgan fingerprint density at radius 3 is 2.65 bits per heavy atom. The molecule has 6 heteroatoms. The number of nitrogens with zero attached hydrogens (tertiary/aromatic N) is 1. The van der Waals surface area contributed by atoms with Gasteiger partial charge in [0.15, 0.2) is 0 Å². The summed E-state index contributed by atoms with van der Waals surface area (Å²) in [5.41, 5.74) is 0. The van der Waals surface area contributed by atoms with E-state index in [1.54, 1.807) is 0 Å². The Labute approximate surface area is 163 Å². The number of hydroxylamine groups is 2. The van der Waals surface area contributed by atoms with Gasteiger partial charge in [-0.1, -0.05) is 26.2 Å². The molecule has 0 saturated carbocycles. The predicted molar refractivity (Wildman–Crippen MR) is 106 cm³/mol. The highest BCUT2D eigenvalue weighted by molar-refractivity contribution is 7.99. The van der Waals surface area contributed by atoms with Crippen molar-refractivity contribution in [1.82, 2.24) is 5.06 Å². The molecule has 4 atom stereocenters. The van der Waals surface area contributed by atoms with Crippen LogP contribution in [0, 0.1) is 11.8 Å². The molecule has 1 N–H and O–H groups in total. The van der Waals surface area contributed by atoms with Gasteiger partial charge >= 0.3 is 0 Å². The molecule has 1 amide bonds. The van der Waals surface area contributed by atoms with Crippen LogP contribution >= 0.6 is 11.8 Å². The molecule has 0 aromatic rings. The van der Waals surface area contributed by atoms with Gasteiger partial charge in [-0.3, -0.25) is 10.0 Å². The van der Waals surface area contributed by atoms with Crippen molar-refractivity contribution in [2.75, 3.05) is 31.8 Å². The van der Waals surface area contributed by atoms with Crippen molar-refractivity contribution in [3.05, 3.63) is 0 Å². The van der Waals surface area contributed by atoms with Crippen LogP contribution in [0.3, 0.4) is 0 Å². The van der Waals surface area contributed by atoms with Crippen LogP contribution in [0.25, 0.3) is 0 Å². The van der Waals surface area contributed by atoms with E-state index < -0.39 is 0 Å². The molecule has 4 unspecified atom stereocenters. The summed E-state index contributed by atoms with van der Waals surface area (Å²) in [4.78, 5) is 11.3. The van der Waals surface area contributed by atoms with Crippen molar-refractivity contribution < 1.29 is 19.5 Å². The smallest absolute Gasteiger partial charge is 0.245 e. The van der Waals surface area contributed by atoms with Crippen LogP contribution in [0.5, 0.6) is 0 Å². The average Bonchev–Trinajstić information content (AvgIpc) is 3.22. The van der Waals surface area contributed by atoms with E-state index in [2.05, 4.69) is 6.92 Å². The molecule has 26 heavy (non-hydrogen) atoms. The lowest BCUT2D eigenvalue weighted by Crippen LogP contribution is -2.32. The van der Waals surface area contributed by atoms with Crippen LogP contribution in [0.1, 0.15) is 64.7 Å². The highest BCUT2D eigenvalue weighted by Crippen LogP contribution is 2.44. The number of unbranched alkanes of at least 4 members (excludes halogenated alkanes) is 4. The number of rotatable bonds is 14. The number of carbonyl (C=O) groups excluding carboxylic acids is 1. The summed E-state index contributed by atoms with van der Waals surface area (Å²) in [6, 6.07) is 0. The molecule has 2 aliphatic rings. The lowest BCUT2D eigenvalue weighted by molar-refractivity contribution is -0.159. The van der Waals surface area contributed by atoms with E-state index in [1.165, 1.54) is 45.6 Å². The number of hydrogen-bond acceptors (Lipinski definition) is 5. The summed E-state index contributed by atoms with van der Waals surface area (Å²) in [6.07, 6.45) is 10.6. The van der Waals surface area contributed by atoms with E-state index >= 15 is 0 Å². The largest absolute Gasteiger partial charge is 0.381 e. The van der Waals surface area contributed by atoms with E-state index in [1.807, 2.05) is 11.8 Å². The summed E-state index contributed by atoms with van der Waals surface area (Å²) in [7, 11) is 1.39. The SMILES string of the molecule is CCCCCCOCC1C2CCC(O2)C1CSCCCCC(=O)N(C)O. The summed E-state index contributed by atoms with van der Waals surface area (Å²) in [5, 5.41) is 9.73. The van der Waals surface area contributed by atoms with E-state index in [4.69, 9.17) is 14.7 Å². The van der Waals surface area contributed by atoms with Gasteiger partial charge in [-0.15, -0.1) is 0 Å². The lowest BCUT2D eigenvalue weighted by atomic mass is 9.81. The zero-order valence-electron chi connectivity index (χ0n) is 16.5. The fraction of sp³-hybridized carbons (Fsp3) is 0.950. The first kappa shape index (κ1) is 22.0. The molecule has 152 valence electrons. The predicted octanol–water partition coefficient (Wildman–Crippen LogP) is 4.13. The van der Waals surface area contributed by atoms with Gasteiger partial charge in [-0.05, 0) is 43.6 Å². The molecule has 0 radical (unpaired) electrons. The van der Waals surface area contributed by atoms with Crippen LogP contribution in [0.15, 0.2) is 0 Å². The number of ether oxygens (including phenoxy) is 2. The second-order valence-electron chi connectivity index (χ2n) is 7.70. The van der Waals surface area contributed by atoms with Gasteiger partial charge in [0.2, 0.25) is 5.91 Å². The Morgan fingerprint density at radius 1 is 1.15 bits per heavy atom. The van der Waals surface area contributed by atoms with Crippen LogP contribution in [-0.2, 0) is 14.3 Å². The highest BCUT2D eigenvalue weighted by atomic mass is 32.2. The minimum absolute atomic E-state index is 0.201. The summed E-state index contributed by atoms with van der Waals surface area (Å²) in [6.45, 7) is 3.98. The van der Waals surface area contributed by atoms with Gasteiger partial charge in [0.1, 0.15) is 0 Å². The molecule has 0 aliphatic carbocycles. The number of carbonyl (C=O) groups is 1. The maximum Gasteiger partial charge on any atom is 0.245 e. The molecule has 2 bridgehead atoms. The molecule has 0 aromatic heterocycles. The summed E-state index contributed by atoms with van der Waals surface area (Å²) in [5.74, 6) is 3.20. The normalized spacial score (nSPS) is 27.2. The molecule has 2 rings (SSSR count). The number of fused-ring (bicyclic) bond motifs is 2. The van der Waals surface area contributed by atoms with Gasteiger partial charge < -0.3 is 9.47 Å². The van der Waals surface area contributed by atoms with E-state index in [0.29, 0.717) is 35.5 Å². The quantitative estimate of drug-likeness (QED) is 0.276. The van der Waals surface area contributed by atoms with Crippen molar-refractivity contribution in [1.29, 1.82) is 0 Å². The molecule has 2 heterocycles. The molecular weight excluding hydrogens is 350 g/mol. The van der Waals surface area contributed by atoms with Crippen molar-refractivity contribution >= 4 is 17.7 Å². The monoisotopic (exact) mass is 387 g/mol. The standard InChI is InChI=1S/C20H37NO4S/c1-3-4-5-7-12-24-14-16-17(19-11-10-18(16)25-19)15-26-13-8-6-9-20(22)21(2)23/h16-19,23H,3-15H2,1-2H3. The van der Waals surface area contributed by atoms with Crippen LogP contribution in [-0.4, -0.2) is 60.2 Å². The van der Waals surface area contributed by atoms with Crippen LogP contribution in [0.2, 0.25) is 0 Å². The van der Waals surface area contributed by atoms with Gasteiger partial charge in [0.05, 0.1) is 18.8 Å². The molecule has 2 fully saturated rings. The minimum Gasteiger partial charge on any atom is -0.381 e. The topological polar surface area (TPSA) is 59.0 Å². The lowest BCUT2D eigenvalue weighted by Gasteiger charge is -2.27. The second kappa shape index (κ2) is 12.2. The fourth-order valence-corrected chi connectivity index (χ4v) is 5.35. The fourth-order valence-electron chi connectivity index (χ4n) is 4.04. The Hall–Kier alpha value is -0.300. The molecule has 0 spiro atoms.